The molecule has 1 heterocycles. The topological polar surface area (TPSA) is 89.8 Å². The number of hydrogen-bond acceptors (Lipinski definition) is 5. The summed E-state index contributed by atoms with van der Waals surface area (Å²) >= 11 is 0. The maximum absolute atomic E-state index is 13.8. The van der Waals surface area contributed by atoms with Crippen LogP contribution in [0.4, 0.5) is 5.69 Å². The maximum atomic E-state index is 13.8. The molecular formula is C26H20N2O5. The van der Waals surface area contributed by atoms with Crippen molar-refractivity contribution in [3.63, 3.8) is 0 Å². The van der Waals surface area contributed by atoms with Crippen molar-refractivity contribution in [2.45, 2.75) is 18.4 Å². The SMILES string of the molecule is CCOc1ccc(N2C(=O)[C@@H]3C4c5ccccc5C([N+](=O)[O-])(c5ccccc54)[C@H]3C2=O)cc1. The third kappa shape index (κ3) is 2.29. The van der Waals surface area contributed by atoms with Crippen molar-refractivity contribution < 1.29 is 19.2 Å². The Labute approximate surface area is 189 Å². The van der Waals surface area contributed by atoms with Crippen LogP contribution in [0.2, 0.25) is 0 Å². The lowest BCUT2D eigenvalue weighted by Crippen LogP contribution is -2.57. The van der Waals surface area contributed by atoms with Gasteiger partial charge in [-0.1, -0.05) is 48.5 Å². The lowest BCUT2D eigenvalue weighted by Gasteiger charge is -2.48. The summed E-state index contributed by atoms with van der Waals surface area (Å²) in [5.41, 5.74) is 1.12. The van der Waals surface area contributed by atoms with Gasteiger partial charge < -0.3 is 4.74 Å². The predicted molar refractivity (Wildman–Crippen MR) is 120 cm³/mol. The van der Waals surface area contributed by atoms with E-state index in [1.807, 2.05) is 31.2 Å². The van der Waals surface area contributed by atoms with Crippen molar-refractivity contribution in [3.05, 3.63) is 105 Å². The van der Waals surface area contributed by atoms with Gasteiger partial charge in [-0.05, 0) is 42.3 Å². The number of imide groups is 1. The summed E-state index contributed by atoms with van der Waals surface area (Å²) in [7, 11) is 0. The molecule has 7 nitrogen and oxygen atoms in total. The highest BCUT2D eigenvalue weighted by Gasteiger charge is 2.74. The Kier molecular flexibility index (Phi) is 4.02. The Hall–Kier alpha value is -4.00. The summed E-state index contributed by atoms with van der Waals surface area (Å²) < 4.78 is 5.47. The van der Waals surface area contributed by atoms with Crippen molar-refractivity contribution in [3.8, 4) is 5.75 Å². The maximum Gasteiger partial charge on any atom is 0.285 e. The Morgan fingerprint density at radius 3 is 2.03 bits per heavy atom. The van der Waals surface area contributed by atoms with E-state index in [0.29, 0.717) is 29.2 Å². The zero-order chi connectivity index (χ0) is 22.9. The van der Waals surface area contributed by atoms with Crippen LogP contribution in [0.15, 0.2) is 72.8 Å². The van der Waals surface area contributed by atoms with Gasteiger partial charge in [-0.3, -0.25) is 19.7 Å². The number of rotatable bonds is 4. The lowest BCUT2D eigenvalue weighted by molar-refractivity contribution is -0.578. The average molecular weight is 440 g/mol. The summed E-state index contributed by atoms with van der Waals surface area (Å²) in [5.74, 6) is -2.65. The first-order valence-corrected chi connectivity index (χ1v) is 11.0. The third-order valence-electron chi connectivity index (χ3n) is 7.27. The number of nitro groups is 1. The number of benzene rings is 3. The van der Waals surface area contributed by atoms with Crippen molar-refractivity contribution in [2.24, 2.45) is 11.8 Å². The fourth-order valence-electron chi connectivity index (χ4n) is 6.15. The van der Waals surface area contributed by atoms with E-state index in [-0.39, 0.29) is 4.92 Å². The van der Waals surface area contributed by atoms with Crippen molar-refractivity contribution >= 4 is 17.5 Å². The van der Waals surface area contributed by atoms with E-state index in [9.17, 15) is 19.7 Å². The summed E-state index contributed by atoms with van der Waals surface area (Å²) in [6.07, 6.45) is 0. The normalized spacial score (nSPS) is 26.6. The van der Waals surface area contributed by atoms with Crippen LogP contribution >= 0.6 is 0 Å². The fraction of sp³-hybridized carbons (Fsp3) is 0.231. The predicted octanol–water partition coefficient (Wildman–Crippen LogP) is 3.87. The largest absolute Gasteiger partial charge is 0.494 e. The van der Waals surface area contributed by atoms with Gasteiger partial charge in [0.15, 0.2) is 0 Å². The molecule has 164 valence electrons. The molecule has 7 rings (SSSR count). The molecule has 0 saturated carbocycles. The average Bonchev–Trinajstić information content (AvgIpc) is 3.10. The number of carbonyl (C=O) groups excluding carboxylic acids is 2. The quantitative estimate of drug-likeness (QED) is 0.349. The van der Waals surface area contributed by atoms with E-state index >= 15 is 0 Å². The first-order chi connectivity index (χ1) is 16.0. The Morgan fingerprint density at radius 1 is 0.909 bits per heavy atom. The first-order valence-electron chi connectivity index (χ1n) is 11.0. The van der Waals surface area contributed by atoms with Gasteiger partial charge in [-0.15, -0.1) is 0 Å². The second-order valence-corrected chi connectivity index (χ2v) is 8.62. The molecule has 3 aliphatic carbocycles. The highest BCUT2D eigenvalue weighted by atomic mass is 16.6. The second kappa shape index (κ2) is 6.75. The summed E-state index contributed by atoms with van der Waals surface area (Å²) in [6.45, 7) is 2.36. The van der Waals surface area contributed by atoms with Gasteiger partial charge in [0.25, 0.3) is 5.54 Å². The monoisotopic (exact) mass is 440 g/mol. The van der Waals surface area contributed by atoms with E-state index in [1.165, 1.54) is 0 Å². The van der Waals surface area contributed by atoms with Gasteiger partial charge in [0.05, 0.1) is 18.2 Å². The lowest BCUT2D eigenvalue weighted by atomic mass is 9.51. The highest BCUT2D eigenvalue weighted by molar-refractivity contribution is 6.23. The molecule has 1 fully saturated rings. The van der Waals surface area contributed by atoms with Crippen LogP contribution in [-0.2, 0) is 15.1 Å². The van der Waals surface area contributed by atoms with Crippen molar-refractivity contribution in [1.82, 2.24) is 0 Å². The number of anilines is 1. The molecule has 0 N–H and O–H groups in total. The molecule has 7 heteroatoms. The molecule has 0 unspecified atom stereocenters. The van der Waals surface area contributed by atoms with Gasteiger partial charge in [0, 0.05) is 22.0 Å². The third-order valence-corrected chi connectivity index (χ3v) is 7.27. The highest BCUT2D eigenvalue weighted by Crippen LogP contribution is 2.64. The van der Waals surface area contributed by atoms with Crippen LogP contribution in [-0.4, -0.2) is 23.3 Å². The number of hydrogen-bond donors (Lipinski definition) is 0. The molecule has 3 aromatic carbocycles. The molecule has 4 aliphatic rings. The van der Waals surface area contributed by atoms with Crippen LogP contribution in [0.5, 0.6) is 5.75 Å². The molecule has 3 aromatic rings. The van der Waals surface area contributed by atoms with Crippen LogP contribution in [0.1, 0.15) is 35.1 Å². The van der Waals surface area contributed by atoms with Crippen molar-refractivity contribution in [2.75, 3.05) is 11.5 Å². The molecular weight excluding hydrogens is 420 g/mol. The standard InChI is InChI=1S/C26H20N2O5/c1-2-33-16-13-11-15(12-14-16)27-24(29)22-21-17-7-3-5-9-19(17)26(28(31)32,23(22)25(27)30)20-10-6-4-8-18(20)21/h3-14,21-23H,2H2,1H3/t21?,22-,23-,26?/m1/s1. The zero-order valence-electron chi connectivity index (χ0n) is 17.8. The number of carbonyl (C=O) groups is 2. The number of ether oxygens (including phenoxy) is 1. The van der Waals surface area contributed by atoms with Gasteiger partial charge in [0.2, 0.25) is 11.8 Å². The molecule has 0 aromatic heterocycles. The van der Waals surface area contributed by atoms with E-state index in [1.54, 1.807) is 48.5 Å². The fourth-order valence-corrected chi connectivity index (χ4v) is 6.15. The Morgan fingerprint density at radius 2 is 1.48 bits per heavy atom. The summed E-state index contributed by atoms with van der Waals surface area (Å²) in [6, 6.07) is 21.0. The van der Waals surface area contributed by atoms with Crippen LogP contribution < -0.4 is 9.64 Å². The minimum Gasteiger partial charge on any atom is -0.494 e. The van der Waals surface area contributed by atoms with Gasteiger partial charge in [-0.2, -0.15) is 0 Å². The van der Waals surface area contributed by atoms with Crippen molar-refractivity contribution in [1.29, 1.82) is 0 Å². The minimum absolute atomic E-state index is 0.357. The minimum atomic E-state index is -1.81. The Balaban J connectivity index is 1.58. The second-order valence-electron chi connectivity index (χ2n) is 8.62. The van der Waals surface area contributed by atoms with Gasteiger partial charge >= 0.3 is 0 Å². The van der Waals surface area contributed by atoms with Gasteiger partial charge in [-0.25, -0.2) is 4.90 Å². The number of amides is 2. The molecule has 2 amide bonds. The first kappa shape index (κ1) is 19.7. The molecule has 2 bridgehead atoms. The molecule has 0 radical (unpaired) electrons. The van der Waals surface area contributed by atoms with Crippen LogP contribution in [0.3, 0.4) is 0 Å². The van der Waals surface area contributed by atoms with E-state index < -0.39 is 35.1 Å². The van der Waals surface area contributed by atoms with Crippen LogP contribution in [0.25, 0.3) is 0 Å². The van der Waals surface area contributed by atoms with E-state index in [2.05, 4.69) is 0 Å². The van der Waals surface area contributed by atoms with E-state index in [0.717, 1.165) is 16.0 Å². The zero-order valence-corrected chi connectivity index (χ0v) is 17.8. The van der Waals surface area contributed by atoms with Gasteiger partial charge in [0.1, 0.15) is 11.7 Å². The van der Waals surface area contributed by atoms with E-state index in [4.69, 9.17) is 4.74 Å². The molecule has 0 spiro atoms. The Bertz CT molecular complexity index is 1290. The molecule has 1 saturated heterocycles. The smallest absolute Gasteiger partial charge is 0.285 e. The summed E-state index contributed by atoms with van der Waals surface area (Å²) in [5, 5.41) is 12.9. The summed E-state index contributed by atoms with van der Waals surface area (Å²) in [4.78, 5) is 41.3. The van der Waals surface area contributed by atoms with Crippen LogP contribution in [0, 0.1) is 22.0 Å². The molecule has 33 heavy (non-hydrogen) atoms. The number of nitrogens with zero attached hydrogens (tertiary/aromatic N) is 2. The molecule has 2 atom stereocenters. The molecule has 1 aliphatic heterocycles.